The molecule has 6 nitrogen and oxygen atoms in total. The molecule has 0 bridgehead atoms. The van der Waals surface area contributed by atoms with Crippen LogP contribution in [0.2, 0.25) is 0 Å². The molecule has 0 radical (unpaired) electrons. The highest BCUT2D eigenvalue weighted by Crippen LogP contribution is 2.26. The standard InChI is InChI=1S/C22H37N3O3/c1-3-5-20(26)25-11-4-6-19(16-25)22(28)24-14-9-18(10-15-24)21(27)23-12-7-17(2)8-13-23/h17-19H,3-16H2,1-2H3. The number of nitrogens with zero attached hydrogens (tertiary/aromatic N) is 3. The quantitative estimate of drug-likeness (QED) is 0.740. The monoisotopic (exact) mass is 391 g/mol. The number of hydrogen-bond donors (Lipinski definition) is 0. The van der Waals surface area contributed by atoms with Crippen LogP contribution in [0, 0.1) is 17.8 Å². The second-order valence-corrected chi connectivity index (χ2v) is 9.04. The summed E-state index contributed by atoms with van der Waals surface area (Å²) >= 11 is 0. The normalized spacial score (nSPS) is 25.1. The fraction of sp³-hybridized carbons (Fsp3) is 0.864. The van der Waals surface area contributed by atoms with Crippen molar-refractivity contribution in [1.29, 1.82) is 0 Å². The van der Waals surface area contributed by atoms with Crippen molar-refractivity contribution in [3.05, 3.63) is 0 Å². The Bertz CT molecular complexity index is 563. The SMILES string of the molecule is CCCC(=O)N1CCCC(C(=O)N2CCC(C(=O)N3CCC(C)CC3)CC2)C1. The van der Waals surface area contributed by atoms with Gasteiger partial charge in [-0.3, -0.25) is 14.4 Å². The molecule has 3 rings (SSSR count). The summed E-state index contributed by atoms with van der Waals surface area (Å²) in [7, 11) is 0. The van der Waals surface area contributed by atoms with Crippen molar-refractivity contribution in [2.24, 2.45) is 17.8 Å². The number of carbonyl (C=O) groups is 3. The number of hydrogen-bond acceptors (Lipinski definition) is 3. The summed E-state index contributed by atoms with van der Waals surface area (Å²) in [6, 6.07) is 0. The highest BCUT2D eigenvalue weighted by atomic mass is 16.2. The average molecular weight is 392 g/mol. The van der Waals surface area contributed by atoms with Gasteiger partial charge in [-0.05, 0) is 50.9 Å². The molecule has 3 saturated heterocycles. The summed E-state index contributed by atoms with van der Waals surface area (Å²) in [5, 5.41) is 0. The van der Waals surface area contributed by atoms with E-state index >= 15 is 0 Å². The van der Waals surface area contributed by atoms with E-state index < -0.39 is 0 Å². The molecule has 0 aromatic heterocycles. The van der Waals surface area contributed by atoms with Crippen molar-refractivity contribution >= 4 is 17.7 Å². The lowest BCUT2D eigenvalue weighted by Gasteiger charge is -2.39. The maximum absolute atomic E-state index is 13.0. The number of amides is 3. The number of piperidine rings is 3. The maximum atomic E-state index is 13.0. The van der Waals surface area contributed by atoms with E-state index in [1.807, 2.05) is 21.6 Å². The van der Waals surface area contributed by atoms with E-state index in [0.717, 1.165) is 70.5 Å². The molecule has 0 aliphatic carbocycles. The molecule has 158 valence electrons. The van der Waals surface area contributed by atoms with Crippen LogP contribution in [0.5, 0.6) is 0 Å². The van der Waals surface area contributed by atoms with Crippen LogP contribution in [0.15, 0.2) is 0 Å². The van der Waals surface area contributed by atoms with Crippen molar-refractivity contribution < 1.29 is 14.4 Å². The average Bonchev–Trinajstić information content (AvgIpc) is 2.73. The number of likely N-dealkylation sites (tertiary alicyclic amines) is 3. The minimum Gasteiger partial charge on any atom is -0.342 e. The molecule has 3 fully saturated rings. The van der Waals surface area contributed by atoms with Gasteiger partial charge in [-0.1, -0.05) is 13.8 Å². The lowest BCUT2D eigenvalue weighted by molar-refractivity contribution is -0.145. The molecule has 0 aromatic carbocycles. The van der Waals surface area contributed by atoms with E-state index in [1.54, 1.807) is 0 Å². The lowest BCUT2D eigenvalue weighted by atomic mass is 9.91. The second-order valence-electron chi connectivity index (χ2n) is 9.04. The van der Waals surface area contributed by atoms with Gasteiger partial charge in [0.15, 0.2) is 0 Å². The largest absolute Gasteiger partial charge is 0.342 e. The van der Waals surface area contributed by atoms with E-state index in [4.69, 9.17) is 0 Å². The minimum atomic E-state index is -0.0645. The summed E-state index contributed by atoms with van der Waals surface area (Å²) in [6.07, 6.45) is 6.99. The van der Waals surface area contributed by atoms with Crippen LogP contribution < -0.4 is 0 Å². The summed E-state index contributed by atoms with van der Waals surface area (Å²) in [5.74, 6) is 1.40. The van der Waals surface area contributed by atoms with Gasteiger partial charge in [0, 0.05) is 51.6 Å². The highest BCUT2D eigenvalue weighted by Gasteiger charge is 2.35. The van der Waals surface area contributed by atoms with Crippen molar-refractivity contribution in [3.8, 4) is 0 Å². The van der Waals surface area contributed by atoms with Gasteiger partial charge in [0.2, 0.25) is 17.7 Å². The van der Waals surface area contributed by atoms with Gasteiger partial charge in [-0.2, -0.15) is 0 Å². The predicted molar refractivity (Wildman–Crippen MR) is 108 cm³/mol. The molecule has 3 aliphatic rings. The van der Waals surface area contributed by atoms with Crippen LogP contribution in [0.3, 0.4) is 0 Å². The summed E-state index contributed by atoms with van der Waals surface area (Å²) in [6.45, 7) is 8.77. The zero-order valence-electron chi connectivity index (χ0n) is 17.7. The molecule has 0 N–H and O–H groups in total. The molecule has 0 saturated carbocycles. The smallest absolute Gasteiger partial charge is 0.227 e. The first-order valence-corrected chi connectivity index (χ1v) is 11.3. The number of carbonyl (C=O) groups excluding carboxylic acids is 3. The molecule has 0 aromatic rings. The van der Waals surface area contributed by atoms with Crippen LogP contribution in [0.25, 0.3) is 0 Å². The van der Waals surface area contributed by atoms with Gasteiger partial charge >= 0.3 is 0 Å². The van der Waals surface area contributed by atoms with Gasteiger partial charge in [-0.25, -0.2) is 0 Å². The molecule has 1 atom stereocenters. The molecule has 1 unspecified atom stereocenters. The van der Waals surface area contributed by atoms with Gasteiger partial charge in [0.05, 0.1) is 5.92 Å². The highest BCUT2D eigenvalue weighted by molar-refractivity contribution is 5.82. The third kappa shape index (κ3) is 5.06. The zero-order chi connectivity index (χ0) is 20.1. The first-order chi connectivity index (χ1) is 13.5. The Morgan fingerprint density at radius 3 is 1.93 bits per heavy atom. The van der Waals surface area contributed by atoms with Crippen LogP contribution in [-0.2, 0) is 14.4 Å². The Morgan fingerprint density at radius 1 is 0.750 bits per heavy atom. The van der Waals surface area contributed by atoms with E-state index in [0.29, 0.717) is 32.0 Å². The van der Waals surface area contributed by atoms with E-state index in [1.165, 1.54) is 0 Å². The van der Waals surface area contributed by atoms with Crippen LogP contribution in [0.1, 0.15) is 65.2 Å². The van der Waals surface area contributed by atoms with Crippen molar-refractivity contribution in [3.63, 3.8) is 0 Å². The Morgan fingerprint density at radius 2 is 1.32 bits per heavy atom. The first-order valence-electron chi connectivity index (χ1n) is 11.3. The molecular weight excluding hydrogens is 354 g/mol. The third-order valence-electron chi connectivity index (χ3n) is 6.84. The topological polar surface area (TPSA) is 60.9 Å². The van der Waals surface area contributed by atoms with E-state index in [-0.39, 0.29) is 23.7 Å². The molecule has 3 heterocycles. The van der Waals surface area contributed by atoms with E-state index in [2.05, 4.69) is 6.92 Å². The Hall–Kier alpha value is -1.59. The zero-order valence-corrected chi connectivity index (χ0v) is 17.7. The lowest BCUT2D eigenvalue weighted by Crippen LogP contribution is -2.50. The van der Waals surface area contributed by atoms with Gasteiger partial charge in [0.1, 0.15) is 0 Å². The van der Waals surface area contributed by atoms with Crippen LogP contribution in [-0.4, -0.2) is 71.7 Å². The van der Waals surface area contributed by atoms with Crippen molar-refractivity contribution in [2.75, 3.05) is 39.3 Å². The molecule has 0 spiro atoms. The summed E-state index contributed by atoms with van der Waals surface area (Å²) < 4.78 is 0. The fourth-order valence-corrected chi connectivity index (χ4v) is 4.87. The fourth-order valence-electron chi connectivity index (χ4n) is 4.87. The van der Waals surface area contributed by atoms with Gasteiger partial charge < -0.3 is 14.7 Å². The molecule has 3 amide bonds. The summed E-state index contributed by atoms with van der Waals surface area (Å²) in [4.78, 5) is 43.8. The number of rotatable bonds is 4. The minimum absolute atomic E-state index is 0.0645. The van der Waals surface area contributed by atoms with Gasteiger partial charge in [-0.15, -0.1) is 0 Å². The Labute approximate surface area is 169 Å². The Balaban J connectivity index is 1.47. The maximum Gasteiger partial charge on any atom is 0.227 e. The Kier molecular flexibility index (Phi) is 7.36. The molecule has 6 heteroatoms. The first kappa shape index (κ1) is 21.1. The predicted octanol–water partition coefficient (Wildman–Crippen LogP) is 2.52. The van der Waals surface area contributed by atoms with Crippen LogP contribution >= 0.6 is 0 Å². The third-order valence-corrected chi connectivity index (χ3v) is 6.84. The van der Waals surface area contributed by atoms with Crippen LogP contribution in [0.4, 0.5) is 0 Å². The second kappa shape index (κ2) is 9.75. The summed E-state index contributed by atoms with van der Waals surface area (Å²) in [5.41, 5.74) is 0. The van der Waals surface area contributed by atoms with Gasteiger partial charge in [0.25, 0.3) is 0 Å². The molecule has 3 aliphatic heterocycles. The van der Waals surface area contributed by atoms with E-state index in [9.17, 15) is 14.4 Å². The van der Waals surface area contributed by atoms with Crippen molar-refractivity contribution in [1.82, 2.24) is 14.7 Å². The molecule has 28 heavy (non-hydrogen) atoms. The molecular formula is C22H37N3O3. The van der Waals surface area contributed by atoms with Crippen molar-refractivity contribution in [2.45, 2.75) is 65.2 Å².